The fourth-order valence-electron chi connectivity index (χ4n) is 1.40. The number of nitrogen functional groups attached to an aromatic ring is 1. The number of anilines is 2. The highest BCUT2D eigenvalue weighted by molar-refractivity contribution is 9.10. The average molecular weight is 318 g/mol. The molecule has 0 radical (unpaired) electrons. The van der Waals surface area contributed by atoms with E-state index in [4.69, 9.17) is 10.5 Å². The van der Waals surface area contributed by atoms with E-state index in [1.165, 1.54) is 0 Å². The predicted molar refractivity (Wildman–Crippen MR) is 76.7 cm³/mol. The van der Waals surface area contributed by atoms with Gasteiger partial charge in [-0.2, -0.15) is 0 Å². The molecule has 0 fully saturated rings. The molecule has 1 aromatic rings. The third-order valence-electron chi connectivity index (χ3n) is 2.78. The molecule has 0 spiro atoms. The van der Waals surface area contributed by atoms with Crippen LogP contribution in [0.4, 0.5) is 11.5 Å². The molecule has 0 aliphatic heterocycles. The molecule has 4 N–H and O–H groups in total. The Morgan fingerprint density at radius 2 is 2.28 bits per heavy atom. The highest BCUT2D eigenvalue weighted by Gasteiger charge is 2.20. The van der Waals surface area contributed by atoms with Crippen molar-refractivity contribution in [2.24, 2.45) is 0 Å². The van der Waals surface area contributed by atoms with Crippen molar-refractivity contribution in [3.8, 4) is 0 Å². The first-order valence-corrected chi connectivity index (χ1v) is 6.52. The van der Waals surface area contributed by atoms with Gasteiger partial charge in [0.05, 0.1) is 22.0 Å². The maximum atomic E-state index is 10.1. The van der Waals surface area contributed by atoms with Gasteiger partial charge in [0.1, 0.15) is 5.82 Å². The quantitative estimate of drug-likeness (QED) is 0.747. The number of rotatable bonds is 6. The maximum absolute atomic E-state index is 10.1. The Morgan fingerprint density at radius 3 is 2.89 bits per heavy atom. The number of hydrogen-bond acceptors (Lipinski definition) is 5. The summed E-state index contributed by atoms with van der Waals surface area (Å²) >= 11 is 3.44. The van der Waals surface area contributed by atoms with E-state index >= 15 is 0 Å². The number of methoxy groups -OCH3 is 1. The molecule has 5 nitrogen and oxygen atoms in total. The minimum absolute atomic E-state index is 0.394. The van der Waals surface area contributed by atoms with Crippen LogP contribution in [0.25, 0.3) is 0 Å². The lowest BCUT2D eigenvalue weighted by molar-refractivity contribution is 0.0357. The molecule has 1 atom stereocenters. The number of halogens is 1. The zero-order chi connectivity index (χ0) is 13.8. The summed E-state index contributed by atoms with van der Waals surface area (Å²) in [6, 6.07) is 0. The van der Waals surface area contributed by atoms with Crippen molar-refractivity contribution in [3.05, 3.63) is 16.2 Å². The monoisotopic (exact) mass is 317 g/mol. The van der Waals surface area contributed by atoms with Crippen molar-refractivity contribution in [1.29, 1.82) is 0 Å². The van der Waals surface area contributed by atoms with Crippen LogP contribution in [-0.4, -0.2) is 36.0 Å². The first kappa shape index (κ1) is 15.2. The molecule has 0 aromatic carbocycles. The van der Waals surface area contributed by atoms with E-state index in [9.17, 15) is 5.11 Å². The summed E-state index contributed by atoms with van der Waals surface area (Å²) in [6.07, 6.45) is 2.16. The Morgan fingerprint density at radius 1 is 1.61 bits per heavy atom. The van der Waals surface area contributed by atoms with E-state index in [-0.39, 0.29) is 0 Å². The lowest BCUT2D eigenvalue weighted by Crippen LogP contribution is -2.35. The number of aliphatic hydroxyl groups is 1. The minimum Gasteiger partial charge on any atom is -0.397 e. The second-order valence-electron chi connectivity index (χ2n) is 4.59. The van der Waals surface area contributed by atoms with Crippen LogP contribution in [-0.2, 0) is 4.74 Å². The fourth-order valence-corrected chi connectivity index (χ4v) is 1.87. The molecule has 0 aliphatic rings. The van der Waals surface area contributed by atoms with Crippen LogP contribution in [0.2, 0.25) is 0 Å². The van der Waals surface area contributed by atoms with Crippen LogP contribution < -0.4 is 11.1 Å². The first-order chi connectivity index (χ1) is 8.37. The second kappa shape index (κ2) is 6.36. The average Bonchev–Trinajstić information content (AvgIpc) is 2.33. The zero-order valence-corrected chi connectivity index (χ0v) is 12.5. The van der Waals surface area contributed by atoms with Gasteiger partial charge in [-0.1, -0.05) is 0 Å². The molecule has 0 amide bonds. The van der Waals surface area contributed by atoms with E-state index in [0.717, 1.165) is 10.0 Å². The largest absolute Gasteiger partial charge is 0.397 e. The SMILES string of the molecule is COCCC(C)(O)CNc1ncc(N)c(C)c1Br. The molecule has 0 saturated carbocycles. The summed E-state index contributed by atoms with van der Waals surface area (Å²) in [4.78, 5) is 4.20. The van der Waals surface area contributed by atoms with Gasteiger partial charge in [0, 0.05) is 26.7 Å². The van der Waals surface area contributed by atoms with E-state index < -0.39 is 5.60 Å². The molecule has 1 unspecified atom stereocenters. The summed E-state index contributed by atoms with van der Waals surface area (Å²) in [5.74, 6) is 0.680. The van der Waals surface area contributed by atoms with Crippen LogP contribution in [0.15, 0.2) is 10.7 Å². The number of nitrogens with zero attached hydrogens (tertiary/aromatic N) is 1. The van der Waals surface area contributed by atoms with Gasteiger partial charge in [0.25, 0.3) is 0 Å². The van der Waals surface area contributed by atoms with E-state index in [2.05, 4.69) is 26.2 Å². The van der Waals surface area contributed by atoms with Crippen molar-refractivity contribution in [2.75, 3.05) is 31.3 Å². The van der Waals surface area contributed by atoms with Gasteiger partial charge in [-0.3, -0.25) is 0 Å². The van der Waals surface area contributed by atoms with Gasteiger partial charge in [-0.15, -0.1) is 0 Å². The summed E-state index contributed by atoms with van der Waals surface area (Å²) < 4.78 is 5.78. The van der Waals surface area contributed by atoms with Crippen molar-refractivity contribution >= 4 is 27.4 Å². The van der Waals surface area contributed by atoms with E-state index in [1.54, 1.807) is 20.2 Å². The number of pyridine rings is 1. The topological polar surface area (TPSA) is 80.4 Å². The molecule has 18 heavy (non-hydrogen) atoms. The Hall–Kier alpha value is -0.850. The standard InChI is InChI=1S/C12H20BrN3O2/c1-8-9(14)6-15-11(10(8)13)16-7-12(2,17)4-5-18-3/h6,17H,4-5,7,14H2,1-3H3,(H,15,16). The molecule has 1 heterocycles. The number of hydrogen-bond donors (Lipinski definition) is 3. The van der Waals surface area contributed by atoms with Gasteiger partial charge < -0.3 is 20.9 Å². The van der Waals surface area contributed by atoms with Crippen molar-refractivity contribution < 1.29 is 9.84 Å². The highest BCUT2D eigenvalue weighted by atomic mass is 79.9. The molecule has 0 bridgehead atoms. The first-order valence-electron chi connectivity index (χ1n) is 5.73. The smallest absolute Gasteiger partial charge is 0.140 e. The van der Waals surface area contributed by atoms with Crippen molar-refractivity contribution in [2.45, 2.75) is 25.9 Å². The molecule has 0 saturated heterocycles. The summed E-state index contributed by atoms with van der Waals surface area (Å²) in [5, 5.41) is 13.2. The maximum Gasteiger partial charge on any atom is 0.140 e. The third kappa shape index (κ3) is 4.12. The van der Waals surface area contributed by atoms with Gasteiger partial charge in [0.15, 0.2) is 0 Å². The Kier molecular flexibility index (Phi) is 5.37. The number of nitrogens with two attached hydrogens (primary N) is 1. The van der Waals surface area contributed by atoms with Crippen LogP contribution in [0, 0.1) is 6.92 Å². The lowest BCUT2D eigenvalue weighted by atomic mass is 10.0. The minimum atomic E-state index is -0.841. The number of ether oxygens (including phenoxy) is 1. The fraction of sp³-hybridized carbons (Fsp3) is 0.583. The van der Waals surface area contributed by atoms with E-state index in [0.29, 0.717) is 31.1 Å². The molecule has 1 aromatic heterocycles. The molecule has 102 valence electrons. The Balaban J connectivity index is 2.66. The summed E-state index contributed by atoms with van der Waals surface area (Å²) in [6.45, 7) is 4.59. The van der Waals surface area contributed by atoms with Gasteiger partial charge >= 0.3 is 0 Å². The Labute approximate surface area is 116 Å². The third-order valence-corrected chi connectivity index (χ3v) is 3.75. The lowest BCUT2D eigenvalue weighted by Gasteiger charge is -2.24. The Bertz CT molecular complexity index is 411. The van der Waals surface area contributed by atoms with Crippen LogP contribution in [0.1, 0.15) is 18.9 Å². The van der Waals surface area contributed by atoms with Crippen molar-refractivity contribution in [1.82, 2.24) is 4.98 Å². The highest BCUT2D eigenvalue weighted by Crippen LogP contribution is 2.28. The van der Waals surface area contributed by atoms with Gasteiger partial charge in [-0.05, 0) is 35.3 Å². The molecule has 0 aliphatic carbocycles. The molecule has 1 rings (SSSR count). The number of nitrogens with one attached hydrogen (secondary N) is 1. The van der Waals surface area contributed by atoms with Crippen LogP contribution in [0.3, 0.4) is 0 Å². The van der Waals surface area contributed by atoms with Crippen LogP contribution in [0.5, 0.6) is 0 Å². The predicted octanol–water partition coefficient (Wildman–Crippen LogP) is 1.93. The second-order valence-corrected chi connectivity index (χ2v) is 5.39. The van der Waals surface area contributed by atoms with Crippen LogP contribution >= 0.6 is 15.9 Å². The van der Waals surface area contributed by atoms with Gasteiger partial charge in [0.2, 0.25) is 0 Å². The molecule has 6 heteroatoms. The number of aromatic nitrogens is 1. The van der Waals surface area contributed by atoms with Gasteiger partial charge in [-0.25, -0.2) is 4.98 Å². The normalized spacial score (nSPS) is 14.3. The molecular weight excluding hydrogens is 298 g/mol. The summed E-state index contributed by atoms with van der Waals surface area (Å²) in [7, 11) is 1.62. The summed E-state index contributed by atoms with van der Waals surface area (Å²) in [5.41, 5.74) is 6.48. The van der Waals surface area contributed by atoms with Crippen molar-refractivity contribution in [3.63, 3.8) is 0 Å². The van der Waals surface area contributed by atoms with E-state index in [1.807, 2.05) is 6.92 Å². The zero-order valence-electron chi connectivity index (χ0n) is 11.0. The molecular formula is C12H20BrN3O2.